The number of aromatic nitrogens is 3. The lowest BCUT2D eigenvalue weighted by Crippen LogP contribution is -2.27. The van der Waals surface area contributed by atoms with Crippen molar-refractivity contribution in [3.05, 3.63) is 42.1 Å². The molecule has 0 amide bonds. The molecule has 0 fully saturated rings. The van der Waals surface area contributed by atoms with Crippen molar-refractivity contribution >= 4 is 0 Å². The third kappa shape index (κ3) is 3.81. The number of nitrogens with two attached hydrogens (primary N) is 1. The minimum atomic E-state index is 0.0446. The Morgan fingerprint density at radius 1 is 1.30 bits per heavy atom. The summed E-state index contributed by atoms with van der Waals surface area (Å²) in [7, 11) is 1.61. The molecule has 108 valence electrons. The van der Waals surface area contributed by atoms with Gasteiger partial charge in [0.05, 0.1) is 7.11 Å². The Labute approximate surface area is 119 Å². The Hall–Kier alpha value is -1.88. The van der Waals surface area contributed by atoms with E-state index >= 15 is 0 Å². The number of methoxy groups -OCH3 is 1. The van der Waals surface area contributed by atoms with Crippen molar-refractivity contribution in [3.63, 3.8) is 0 Å². The van der Waals surface area contributed by atoms with Gasteiger partial charge in [-0.25, -0.2) is 9.97 Å². The molecule has 2 aromatic heterocycles. The SMILES string of the molecule is CCCn1ccnc1CC(N)Cc1ccc(OC)nc1. The van der Waals surface area contributed by atoms with E-state index in [1.807, 2.05) is 30.7 Å². The average Bonchev–Trinajstić information content (AvgIpc) is 2.87. The first-order valence-corrected chi connectivity index (χ1v) is 6.97. The van der Waals surface area contributed by atoms with Crippen molar-refractivity contribution in [3.8, 4) is 5.88 Å². The van der Waals surface area contributed by atoms with E-state index in [-0.39, 0.29) is 6.04 Å². The van der Waals surface area contributed by atoms with Gasteiger partial charge < -0.3 is 15.0 Å². The third-order valence-electron chi connectivity index (χ3n) is 3.22. The maximum absolute atomic E-state index is 6.22. The number of nitrogens with zero attached hydrogens (tertiary/aromatic N) is 3. The zero-order valence-electron chi connectivity index (χ0n) is 12.1. The topological polar surface area (TPSA) is 66.0 Å². The van der Waals surface area contributed by atoms with Crippen LogP contribution in [0.25, 0.3) is 0 Å². The molecule has 0 saturated carbocycles. The van der Waals surface area contributed by atoms with Crippen LogP contribution in [0.15, 0.2) is 30.7 Å². The highest BCUT2D eigenvalue weighted by Gasteiger charge is 2.10. The van der Waals surface area contributed by atoms with Crippen LogP contribution >= 0.6 is 0 Å². The average molecular weight is 274 g/mol. The van der Waals surface area contributed by atoms with E-state index in [0.29, 0.717) is 5.88 Å². The second-order valence-corrected chi connectivity index (χ2v) is 4.91. The van der Waals surface area contributed by atoms with Gasteiger partial charge in [-0.05, 0) is 18.4 Å². The fourth-order valence-electron chi connectivity index (χ4n) is 2.24. The van der Waals surface area contributed by atoms with Crippen LogP contribution in [0.2, 0.25) is 0 Å². The molecular weight excluding hydrogens is 252 g/mol. The van der Waals surface area contributed by atoms with Crippen molar-refractivity contribution in [1.29, 1.82) is 0 Å². The summed E-state index contributed by atoms with van der Waals surface area (Å²) in [4.78, 5) is 8.59. The maximum Gasteiger partial charge on any atom is 0.212 e. The van der Waals surface area contributed by atoms with E-state index in [1.165, 1.54) is 0 Å². The number of hydrogen-bond acceptors (Lipinski definition) is 4. The number of imidazole rings is 1. The summed E-state index contributed by atoms with van der Waals surface area (Å²) in [6.07, 6.45) is 8.33. The highest BCUT2D eigenvalue weighted by molar-refractivity contribution is 5.18. The summed E-state index contributed by atoms with van der Waals surface area (Å²) in [5.74, 6) is 1.68. The van der Waals surface area contributed by atoms with Gasteiger partial charge in [0.25, 0.3) is 0 Å². The Kier molecular flexibility index (Phi) is 5.12. The van der Waals surface area contributed by atoms with Gasteiger partial charge in [-0.1, -0.05) is 13.0 Å². The third-order valence-corrected chi connectivity index (χ3v) is 3.22. The fourth-order valence-corrected chi connectivity index (χ4v) is 2.24. The Balaban J connectivity index is 1.94. The van der Waals surface area contributed by atoms with Gasteiger partial charge in [0.15, 0.2) is 0 Å². The van der Waals surface area contributed by atoms with Gasteiger partial charge in [-0.15, -0.1) is 0 Å². The van der Waals surface area contributed by atoms with Crippen LogP contribution in [0, 0.1) is 0 Å². The van der Waals surface area contributed by atoms with Crippen molar-refractivity contribution in [2.24, 2.45) is 5.73 Å². The molecule has 0 aliphatic carbocycles. The molecule has 0 bridgehead atoms. The molecule has 0 aliphatic rings. The summed E-state index contributed by atoms with van der Waals surface area (Å²) in [6.45, 7) is 3.15. The van der Waals surface area contributed by atoms with E-state index in [1.54, 1.807) is 7.11 Å². The van der Waals surface area contributed by atoms with E-state index < -0.39 is 0 Å². The minimum Gasteiger partial charge on any atom is -0.481 e. The molecule has 2 aromatic rings. The second kappa shape index (κ2) is 7.05. The first-order chi connectivity index (χ1) is 9.72. The van der Waals surface area contributed by atoms with Crippen LogP contribution in [-0.4, -0.2) is 27.7 Å². The minimum absolute atomic E-state index is 0.0446. The first-order valence-electron chi connectivity index (χ1n) is 6.97. The van der Waals surface area contributed by atoms with Gasteiger partial charge in [0.2, 0.25) is 5.88 Å². The predicted molar refractivity (Wildman–Crippen MR) is 78.7 cm³/mol. The lowest BCUT2D eigenvalue weighted by molar-refractivity contribution is 0.397. The Morgan fingerprint density at radius 3 is 2.80 bits per heavy atom. The zero-order valence-corrected chi connectivity index (χ0v) is 12.1. The van der Waals surface area contributed by atoms with Gasteiger partial charge in [0, 0.05) is 43.7 Å². The molecular formula is C15H22N4O. The lowest BCUT2D eigenvalue weighted by Gasteiger charge is -2.13. The van der Waals surface area contributed by atoms with E-state index in [4.69, 9.17) is 10.5 Å². The van der Waals surface area contributed by atoms with Crippen LogP contribution < -0.4 is 10.5 Å². The van der Waals surface area contributed by atoms with Gasteiger partial charge in [-0.3, -0.25) is 0 Å². The summed E-state index contributed by atoms with van der Waals surface area (Å²) < 4.78 is 7.22. The van der Waals surface area contributed by atoms with E-state index in [0.717, 1.165) is 37.2 Å². The zero-order chi connectivity index (χ0) is 14.4. The van der Waals surface area contributed by atoms with E-state index in [2.05, 4.69) is 21.5 Å². The molecule has 0 saturated heterocycles. The van der Waals surface area contributed by atoms with Crippen LogP contribution in [0.1, 0.15) is 24.7 Å². The van der Waals surface area contributed by atoms with Crippen LogP contribution in [0.5, 0.6) is 5.88 Å². The monoisotopic (exact) mass is 274 g/mol. The van der Waals surface area contributed by atoms with Crippen LogP contribution in [0.4, 0.5) is 0 Å². The van der Waals surface area contributed by atoms with Crippen molar-refractivity contribution in [2.45, 2.75) is 38.8 Å². The second-order valence-electron chi connectivity index (χ2n) is 4.91. The molecule has 0 aliphatic heterocycles. The summed E-state index contributed by atoms with van der Waals surface area (Å²) in [6, 6.07) is 3.91. The maximum atomic E-state index is 6.22. The predicted octanol–water partition coefficient (Wildman–Crippen LogP) is 1.81. The molecule has 5 nitrogen and oxygen atoms in total. The van der Waals surface area contributed by atoms with Crippen molar-refractivity contribution < 1.29 is 4.74 Å². The fraction of sp³-hybridized carbons (Fsp3) is 0.467. The molecule has 0 aromatic carbocycles. The molecule has 2 heterocycles. The Bertz CT molecular complexity index is 521. The molecule has 1 atom stereocenters. The highest BCUT2D eigenvalue weighted by Crippen LogP contribution is 2.10. The Morgan fingerprint density at radius 2 is 2.15 bits per heavy atom. The largest absolute Gasteiger partial charge is 0.481 e. The number of ether oxygens (including phenoxy) is 1. The van der Waals surface area contributed by atoms with Gasteiger partial charge >= 0.3 is 0 Å². The molecule has 1 unspecified atom stereocenters. The smallest absolute Gasteiger partial charge is 0.212 e. The summed E-state index contributed by atoms with van der Waals surface area (Å²) in [5, 5.41) is 0. The summed E-state index contributed by atoms with van der Waals surface area (Å²) in [5.41, 5.74) is 7.34. The number of pyridine rings is 1. The molecule has 2 N–H and O–H groups in total. The van der Waals surface area contributed by atoms with Gasteiger partial charge in [-0.2, -0.15) is 0 Å². The summed E-state index contributed by atoms with van der Waals surface area (Å²) >= 11 is 0. The highest BCUT2D eigenvalue weighted by atomic mass is 16.5. The number of aryl methyl sites for hydroxylation is 1. The van der Waals surface area contributed by atoms with Crippen LogP contribution in [-0.2, 0) is 19.4 Å². The van der Waals surface area contributed by atoms with Crippen LogP contribution in [0.3, 0.4) is 0 Å². The van der Waals surface area contributed by atoms with Gasteiger partial charge in [0.1, 0.15) is 5.82 Å². The molecule has 0 radical (unpaired) electrons. The molecule has 2 rings (SSSR count). The molecule has 20 heavy (non-hydrogen) atoms. The van der Waals surface area contributed by atoms with Crippen molar-refractivity contribution in [1.82, 2.24) is 14.5 Å². The molecule has 5 heteroatoms. The van der Waals surface area contributed by atoms with E-state index in [9.17, 15) is 0 Å². The normalized spacial score (nSPS) is 12.3. The lowest BCUT2D eigenvalue weighted by atomic mass is 10.1. The molecule has 0 spiro atoms. The van der Waals surface area contributed by atoms with Crippen molar-refractivity contribution in [2.75, 3.05) is 7.11 Å². The first kappa shape index (κ1) is 14.5. The quantitative estimate of drug-likeness (QED) is 0.836. The standard InChI is InChI=1S/C15H22N4O/c1-3-7-19-8-6-17-14(19)10-13(16)9-12-4-5-15(20-2)18-11-12/h4-6,8,11,13H,3,7,9-10,16H2,1-2H3. The number of rotatable bonds is 7. The number of hydrogen-bond donors (Lipinski definition) is 1.